The van der Waals surface area contributed by atoms with E-state index in [1.165, 1.54) is 7.11 Å². The number of nitrogens with zero attached hydrogens (tertiary/aromatic N) is 2. The monoisotopic (exact) mass is 276 g/mol. The van der Waals surface area contributed by atoms with Gasteiger partial charge in [0, 0.05) is 0 Å². The van der Waals surface area contributed by atoms with Gasteiger partial charge in [-0.15, -0.1) is 0 Å². The summed E-state index contributed by atoms with van der Waals surface area (Å²) in [5, 5.41) is 12.9. The quantitative estimate of drug-likeness (QED) is 0.362. The highest BCUT2D eigenvalue weighted by molar-refractivity contribution is 7.80. The Balaban J connectivity index is 3.15. The van der Waals surface area contributed by atoms with Gasteiger partial charge in [0.25, 0.3) is 0 Å². The Labute approximate surface area is 115 Å². The highest BCUT2D eigenvalue weighted by Gasteiger charge is 2.25. The summed E-state index contributed by atoms with van der Waals surface area (Å²) in [6.07, 6.45) is 0. The molecule has 1 aromatic carbocycles. The van der Waals surface area contributed by atoms with Gasteiger partial charge in [0.15, 0.2) is 10.8 Å². The number of hydrogen-bond donors (Lipinski definition) is 2. The van der Waals surface area contributed by atoms with Gasteiger partial charge in [-0.2, -0.15) is 10.4 Å². The van der Waals surface area contributed by atoms with Gasteiger partial charge in [0.05, 0.1) is 13.2 Å². The van der Waals surface area contributed by atoms with Gasteiger partial charge in [-0.3, -0.25) is 5.43 Å². The first-order valence-electron chi connectivity index (χ1n) is 5.26. The number of nitriles is 1. The van der Waals surface area contributed by atoms with Crippen molar-refractivity contribution in [1.29, 1.82) is 5.26 Å². The summed E-state index contributed by atoms with van der Waals surface area (Å²) in [5.41, 5.74) is 8.05. The molecule has 1 atom stereocenters. The molecule has 0 saturated carbocycles. The third-order valence-electron chi connectivity index (χ3n) is 2.22. The highest BCUT2D eigenvalue weighted by atomic mass is 32.1. The molecule has 0 aliphatic heterocycles. The standard InChI is InChI=1S/C12H12N4O2S/c1-18-11(17)10(15-16-12(14)19)9(7-13)8-5-3-2-4-6-8/h2-6,9H,1H3,(H3,14,16,19)/b15-10+/t9-/m1/s1. The lowest BCUT2D eigenvalue weighted by atomic mass is 9.95. The first kappa shape index (κ1) is 14.6. The Morgan fingerprint density at radius 1 is 1.53 bits per heavy atom. The second-order valence-corrected chi connectivity index (χ2v) is 3.88. The van der Waals surface area contributed by atoms with Gasteiger partial charge in [0.1, 0.15) is 5.92 Å². The molecule has 0 amide bonds. The number of carbonyl (C=O) groups excluding carboxylic acids is 1. The largest absolute Gasteiger partial charge is 0.464 e. The fourth-order valence-electron chi connectivity index (χ4n) is 1.39. The van der Waals surface area contributed by atoms with E-state index in [9.17, 15) is 10.1 Å². The maximum atomic E-state index is 11.7. The molecule has 0 bridgehead atoms. The molecule has 0 unspecified atom stereocenters. The fraction of sp³-hybridized carbons (Fsp3) is 0.167. The average Bonchev–Trinajstić information content (AvgIpc) is 2.43. The molecule has 0 radical (unpaired) electrons. The number of rotatable bonds is 4. The van der Waals surface area contributed by atoms with Crippen LogP contribution in [0.1, 0.15) is 11.5 Å². The van der Waals surface area contributed by atoms with Gasteiger partial charge in [-0.05, 0) is 17.8 Å². The number of thiocarbonyl (C=S) groups is 1. The molecule has 0 heterocycles. The molecule has 0 spiro atoms. The molecular weight excluding hydrogens is 264 g/mol. The van der Waals surface area contributed by atoms with Crippen molar-refractivity contribution in [2.75, 3.05) is 7.11 Å². The van der Waals surface area contributed by atoms with Crippen LogP contribution in [0.2, 0.25) is 0 Å². The van der Waals surface area contributed by atoms with Crippen LogP contribution in [-0.4, -0.2) is 23.9 Å². The van der Waals surface area contributed by atoms with E-state index >= 15 is 0 Å². The van der Waals surface area contributed by atoms with E-state index in [-0.39, 0.29) is 10.8 Å². The van der Waals surface area contributed by atoms with E-state index in [2.05, 4.69) is 27.5 Å². The average molecular weight is 276 g/mol. The Morgan fingerprint density at radius 3 is 2.63 bits per heavy atom. The van der Waals surface area contributed by atoms with Gasteiger partial charge in [-0.25, -0.2) is 4.79 Å². The van der Waals surface area contributed by atoms with Crippen molar-refractivity contribution in [3.05, 3.63) is 35.9 Å². The number of esters is 1. The first-order valence-corrected chi connectivity index (χ1v) is 5.67. The van der Waals surface area contributed by atoms with E-state index in [4.69, 9.17) is 5.73 Å². The number of benzene rings is 1. The van der Waals surface area contributed by atoms with E-state index < -0.39 is 11.9 Å². The molecule has 98 valence electrons. The lowest BCUT2D eigenvalue weighted by molar-refractivity contribution is -0.132. The van der Waals surface area contributed by atoms with E-state index in [1.54, 1.807) is 30.3 Å². The second kappa shape index (κ2) is 7.08. The summed E-state index contributed by atoms with van der Waals surface area (Å²) in [4.78, 5) is 11.7. The van der Waals surface area contributed by atoms with Gasteiger partial charge < -0.3 is 10.5 Å². The van der Waals surface area contributed by atoms with Crippen molar-refractivity contribution in [3.8, 4) is 6.07 Å². The Morgan fingerprint density at radius 2 is 2.16 bits per heavy atom. The summed E-state index contributed by atoms with van der Waals surface area (Å²) >= 11 is 4.60. The number of methoxy groups -OCH3 is 1. The molecule has 3 N–H and O–H groups in total. The van der Waals surface area contributed by atoms with Crippen LogP contribution in [0.15, 0.2) is 35.4 Å². The Hall–Kier alpha value is -2.46. The van der Waals surface area contributed by atoms with Crippen LogP contribution in [0.3, 0.4) is 0 Å². The van der Waals surface area contributed by atoms with Crippen LogP contribution >= 0.6 is 12.2 Å². The lowest BCUT2D eigenvalue weighted by Gasteiger charge is -2.11. The number of nitrogens with two attached hydrogens (primary N) is 1. The summed E-state index contributed by atoms with van der Waals surface area (Å²) in [6, 6.07) is 10.8. The number of hydrazone groups is 1. The predicted octanol–water partition coefficient (Wildman–Crippen LogP) is 0.656. The van der Waals surface area contributed by atoms with Crippen LogP contribution in [0.5, 0.6) is 0 Å². The normalized spacial score (nSPS) is 12.1. The van der Waals surface area contributed by atoms with Crippen molar-refractivity contribution in [3.63, 3.8) is 0 Å². The molecule has 0 fully saturated rings. The maximum Gasteiger partial charge on any atom is 0.355 e. The van der Waals surface area contributed by atoms with E-state index in [1.807, 2.05) is 6.07 Å². The summed E-state index contributed by atoms with van der Waals surface area (Å²) in [7, 11) is 1.21. The van der Waals surface area contributed by atoms with Crippen LogP contribution in [0, 0.1) is 11.3 Å². The highest BCUT2D eigenvalue weighted by Crippen LogP contribution is 2.17. The van der Waals surface area contributed by atoms with Crippen molar-refractivity contribution in [2.45, 2.75) is 5.92 Å². The SMILES string of the molecule is COC(=O)/C(=N/NC(N)=S)[C@H](C#N)c1ccccc1. The Kier molecular flexibility index (Phi) is 5.44. The molecule has 0 aliphatic carbocycles. The van der Waals surface area contributed by atoms with Crippen molar-refractivity contribution in [1.82, 2.24) is 5.43 Å². The second-order valence-electron chi connectivity index (χ2n) is 3.44. The topological polar surface area (TPSA) is 100 Å². The molecule has 6 nitrogen and oxygen atoms in total. The molecular formula is C12H12N4O2S. The fourth-order valence-corrected chi connectivity index (χ4v) is 1.43. The minimum absolute atomic E-state index is 0.105. The molecule has 1 rings (SSSR count). The number of ether oxygens (including phenoxy) is 1. The smallest absolute Gasteiger partial charge is 0.355 e. The minimum atomic E-state index is -0.865. The first-order chi connectivity index (χ1) is 9.10. The number of hydrogen-bond acceptors (Lipinski definition) is 5. The van der Waals surface area contributed by atoms with Crippen molar-refractivity contribution < 1.29 is 9.53 Å². The molecule has 0 saturated heterocycles. The zero-order valence-corrected chi connectivity index (χ0v) is 11.0. The number of nitrogens with one attached hydrogen (secondary N) is 1. The van der Waals surface area contributed by atoms with Crippen LogP contribution in [0.25, 0.3) is 0 Å². The third kappa shape index (κ3) is 4.04. The lowest BCUT2D eigenvalue weighted by Crippen LogP contribution is -2.30. The third-order valence-corrected chi connectivity index (χ3v) is 2.31. The van der Waals surface area contributed by atoms with Crippen LogP contribution < -0.4 is 11.2 Å². The van der Waals surface area contributed by atoms with Crippen molar-refractivity contribution >= 4 is 29.0 Å². The molecule has 1 aromatic rings. The van der Waals surface area contributed by atoms with Crippen LogP contribution in [0.4, 0.5) is 0 Å². The summed E-state index contributed by atoms with van der Waals surface area (Å²) in [6.45, 7) is 0. The Bertz CT molecular complexity index is 536. The van der Waals surface area contributed by atoms with Crippen LogP contribution in [-0.2, 0) is 9.53 Å². The maximum absolute atomic E-state index is 11.7. The zero-order valence-electron chi connectivity index (χ0n) is 10.2. The molecule has 0 aromatic heterocycles. The molecule has 7 heteroatoms. The molecule has 19 heavy (non-hydrogen) atoms. The summed E-state index contributed by atoms with van der Waals surface area (Å²) < 4.78 is 4.60. The predicted molar refractivity (Wildman–Crippen MR) is 74.2 cm³/mol. The minimum Gasteiger partial charge on any atom is -0.464 e. The molecule has 0 aliphatic rings. The number of carbonyl (C=O) groups is 1. The van der Waals surface area contributed by atoms with E-state index in [0.29, 0.717) is 5.56 Å². The van der Waals surface area contributed by atoms with Crippen molar-refractivity contribution in [2.24, 2.45) is 10.8 Å². The van der Waals surface area contributed by atoms with E-state index in [0.717, 1.165) is 0 Å². The summed E-state index contributed by atoms with van der Waals surface area (Å²) in [5.74, 6) is -1.59. The van der Waals surface area contributed by atoms with Gasteiger partial charge >= 0.3 is 5.97 Å². The zero-order chi connectivity index (χ0) is 14.3. The van der Waals surface area contributed by atoms with Gasteiger partial charge in [0.2, 0.25) is 0 Å². The van der Waals surface area contributed by atoms with Gasteiger partial charge in [-0.1, -0.05) is 30.3 Å².